The summed E-state index contributed by atoms with van der Waals surface area (Å²) in [5.74, 6) is 1.24. The summed E-state index contributed by atoms with van der Waals surface area (Å²) in [6.45, 7) is 5.60. The maximum Gasteiger partial charge on any atom is 0.126 e. The molecule has 112 valence electrons. The topological polar surface area (TPSA) is 12.0 Å². The third-order valence-electron chi connectivity index (χ3n) is 4.26. The van der Waals surface area contributed by atoms with Gasteiger partial charge in [-0.15, -0.1) is 0 Å². The fourth-order valence-corrected chi connectivity index (χ4v) is 3.01. The molecule has 2 rings (SSSR count). The lowest BCUT2D eigenvalue weighted by Crippen LogP contribution is -2.27. The highest BCUT2D eigenvalue weighted by molar-refractivity contribution is 5.18. The molecule has 1 aliphatic carbocycles. The number of rotatable bonds is 9. The minimum absolute atomic E-state index is 0.0490. The van der Waals surface area contributed by atoms with Crippen LogP contribution in [0.4, 0.5) is 4.39 Å². The van der Waals surface area contributed by atoms with Gasteiger partial charge in [-0.2, -0.15) is 0 Å². The molecule has 1 aromatic rings. The SMILES string of the molecule is CCCC(C)CC(CNC1CC1)Cc1ccccc1F. The first-order valence-electron chi connectivity index (χ1n) is 8.15. The third kappa shape index (κ3) is 5.24. The summed E-state index contributed by atoms with van der Waals surface area (Å²) >= 11 is 0. The Hall–Kier alpha value is -0.890. The smallest absolute Gasteiger partial charge is 0.126 e. The standard InChI is InChI=1S/C18H28FN/c1-3-6-14(2)11-15(13-20-17-9-10-17)12-16-7-4-5-8-18(16)19/h4-5,7-8,14-15,17,20H,3,6,9-13H2,1-2H3. The predicted octanol–water partition coefficient (Wildman–Crippen LogP) is 4.56. The number of hydrogen-bond acceptors (Lipinski definition) is 1. The first-order chi connectivity index (χ1) is 9.69. The molecule has 2 heteroatoms. The van der Waals surface area contributed by atoms with Crippen molar-refractivity contribution in [2.24, 2.45) is 11.8 Å². The molecule has 20 heavy (non-hydrogen) atoms. The van der Waals surface area contributed by atoms with Crippen LogP contribution >= 0.6 is 0 Å². The molecule has 1 N–H and O–H groups in total. The van der Waals surface area contributed by atoms with Crippen LogP contribution in [0, 0.1) is 17.7 Å². The monoisotopic (exact) mass is 277 g/mol. The Kier molecular flexibility index (Phi) is 6.03. The second-order valence-corrected chi connectivity index (χ2v) is 6.47. The molecule has 0 aliphatic heterocycles. The lowest BCUT2D eigenvalue weighted by atomic mass is 9.88. The Morgan fingerprint density at radius 3 is 2.70 bits per heavy atom. The molecule has 0 amide bonds. The van der Waals surface area contributed by atoms with Gasteiger partial charge in [0, 0.05) is 6.04 Å². The quantitative estimate of drug-likeness (QED) is 0.697. The van der Waals surface area contributed by atoms with Crippen LogP contribution in [-0.4, -0.2) is 12.6 Å². The van der Waals surface area contributed by atoms with Gasteiger partial charge in [-0.05, 0) is 55.7 Å². The molecule has 2 atom stereocenters. The average molecular weight is 277 g/mol. The fraction of sp³-hybridized carbons (Fsp3) is 0.667. The minimum atomic E-state index is -0.0490. The van der Waals surface area contributed by atoms with Crippen molar-refractivity contribution in [3.63, 3.8) is 0 Å². The normalized spacial score (nSPS) is 17.9. The number of nitrogens with one attached hydrogen (secondary N) is 1. The highest BCUT2D eigenvalue weighted by Gasteiger charge is 2.23. The van der Waals surface area contributed by atoms with E-state index in [1.165, 1.54) is 32.1 Å². The van der Waals surface area contributed by atoms with E-state index in [0.29, 0.717) is 5.92 Å². The molecule has 0 spiro atoms. The Morgan fingerprint density at radius 2 is 2.05 bits per heavy atom. The van der Waals surface area contributed by atoms with E-state index in [-0.39, 0.29) is 5.82 Å². The molecule has 1 aliphatic rings. The molecule has 0 saturated heterocycles. The first kappa shape index (κ1) is 15.5. The van der Waals surface area contributed by atoms with Gasteiger partial charge >= 0.3 is 0 Å². The highest BCUT2D eigenvalue weighted by atomic mass is 19.1. The van der Waals surface area contributed by atoms with Crippen LogP contribution < -0.4 is 5.32 Å². The predicted molar refractivity (Wildman–Crippen MR) is 83.3 cm³/mol. The highest BCUT2D eigenvalue weighted by Crippen LogP contribution is 2.24. The first-order valence-corrected chi connectivity index (χ1v) is 8.15. The maximum atomic E-state index is 13.8. The molecule has 1 saturated carbocycles. The second kappa shape index (κ2) is 7.78. The Labute approximate surface area is 123 Å². The maximum absolute atomic E-state index is 13.8. The number of hydrogen-bond donors (Lipinski definition) is 1. The van der Waals surface area contributed by atoms with Gasteiger partial charge in [-0.25, -0.2) is 4.39 Å². The summed E-state index contributed by atoms with van der Waals surface area (Å²) in [5, 5.41) is 3.62. The van der Waals surface area contributed by atoms with Gasteiger partial charge in [0.1, 0.15) is 5.82 Å². The molecule has 1 fully saturated rings. The second-order valence-electron chi connectivity index (χ2n) is 6.47. The van der Waals surface area contributed by atoms with E-state index < -0.39 is 0 Å². The molecule has 2 unspecified atom stereocenters. The lowest BCUT2D eigenvalue weighted by molar-refractivity contribution is 0.350. The zero-order valence-electron chi connectivity index (χ0n) is 12.9. The minimum Gasteiger partial charge on any atom is -0.314 e. The molecule has 0 heterocycles. The van der Waals surface area contributed by atoms with Gasteiger partial charge < -0.3 is 5.32 Å². The zero-order chi connectivity index (χ0) is 14.4. The number of benzene rings is 1. The van der Waals surface area contributed by atoms with Crippen LogP contribution in [0.3, 0.4) is 0 Å². The van der Waals surface area contributed by atoms with Gasteiger partial charge in [0.2, 0.25) is 0 Å². The van der Waals surface area contributed by atoms with Gasteiger partial charge in [0.15, 0.2) is 0 Å². The molecular formula is C18H28FN. The van der Waals surface area contributed by atoms with Gasteiger partial charge in [-0.1, -0.05) is 44.9 Å². The van der Waals surface area contributed by atoms with Crippen molar-refractivity contribution < 1.29 is 4.39 Å². The third-order valence-corrected chi connectivity index (χ3v) is 4.26. The zero-order valence-corrected chi connectivity index (χ0v) is 12.9. The van der Waals surface area contributed by atoms with Crippen molar-refractivity contribution >= 4 is 0 Å². The Morgan fingerprint density at radius 1 is 1.30 bits per heavy atom. The van der Waals surface area contributed by atoms with Crippen molar-refractivity contribution in [2.45, 2.75) is 58.4 Å². The Bertz CT molecular complexity index is 400. The molecular weight excluding hydrogens is 249 g/mol. The van der Waals surface area contributed by atoms with Crippen LogP contribution in [0.15, 0.2) is 24.3 Å². The number of halogens is 1. The van der Waals surface area contributed by atoms with Gasteiger partial charge in [-0.3, -0.25) is 0 Å². The Balaban J connectivity index is 1.91. The van der Waals surface area contributed by atoms with Crippen molar-refractivity contribution in [1.29, 1.82) is 0 Å². The van der Waals surface area contributed by atoms with Crippen LogP contribution in [0.5, 0.6) is 0 Å². The average Bonchev–Trinajstić information content (AvgIpc) is 3.23. The van der Waals surface area contributed by atoms with E-state index in [4.69, 9.17) is 0 Å². The summed E-state index contributed by atoms with van der Waals surface area (Å²) in [5.41, 5.74) is 0.874. The molecule has 0 aromatic heterocycles. The summed E-state index contributed by atoms with van der Waals surface area (Å²) in [7, 11) is 0. The van der Waals surface area contributed by atoms with Crippen LogP contribution in [0.1, 0.15) is 51.5 Å². The van der Waals surface area contributed by atoms with Crippen molar-refractivity contribution in [2.75, 3.05) is 6.54 Å². The molecule has 1 aromatic carbocycles. The van der Waals surface area contributed by atoms with E-state index in [1.807, 2.05) is 12.1 Å². The van der Waals surface area contributed by atoms with Crippen LogP contribution in [0.2, 0.25) is 0 Å². The van der Waals surface area contributed by atoms with Gasteiger partial charge in [0.05, 0.1) is 0 Å². The molecule has 0 bridgehead atoms. The van der Waals surface area contributed by atoms with Crippen LogP contribution in [-0.2, 0) is 6.42 Å². The van der Waals surface area contributed by atoms with E-state index in [9.17, 15) is 4.39 Å². The van der Waals surface area contributed by atoms with Crippen molar-refractivity contribution in [1.82, 2.24) is 5.32 Å². The van der Waals surface area contributed by atoms with Crippen LogP contribution in [0.25, 0.3) is 0 Å². The summed E-state index contributed by atoms with van der Waals surface area (Å²) in [4.78, 5) is 0. The van der Waals surface area contributed by atoms with E-state index in [0.717, 1.165) is 30.5 Å². The van der Waals surface area contributed by atoms with E-state index >= 15 is 0 Å². The van der Waals surface area contributed by atoms with E-state index in [2.05, 4.69) is 19.2 Å². The van der Waals surface area contributed by atoms with Crippen molar-refractivity contribution in [3.05, 3.63) is 35.6 Å². The molecule has 0 radical (unpaired) electrons. The fourth-order valence-electron chi connectivity index (χ4n) is 3.01. The summed E-state index contributed by atoms with van der Waals surface area (Å²) in [6.07, 6.45) is 7.21. The van der Waals surface area contributed by atoms with Crippen molar-refractivity contribution in [3.8, 4) is 0 Å². The summed E-state index contributed by atoms with van der Waals surface area (Å²) < 4.78 is 13.8. The largest absolute Gasteiger partial charge is 0.314 e. The summed E-state index contributed by atoms with van der Waals surface area (Å²) in [6, 6.07) is 7.97. The van der Waals surface area contributed by atoms with Gasteiger partial charge in [0.25, 0.3) is 0 Å². The lowest BCUT2D eigenvalue weighted by Gasteiger charge is -2.22. The molecule has 1 nitrogen and oxygen atoms in total. The van der Waals surface area contributed by atoms with E-state index in [1.54, 1.807) is 12.1 Å².